The van der Waals surface area contributed by atoms with Gasteiger partial charge in [-0.25, -0.2) is 8.42 Å². The van der Waals surface area contributed by atoms with Crippen LogP contribution in [0, 0.1) is 0 Å². The first-order valence-corrected chi connectivity index (χ1v) is 9.16. The molecule has 4 nitrogen and oxygen atoms in total. The Morgan fingerprint density at radius 3 is 2.08 bits per heavy atom. The molecule has 2 rings (SSSR count). The van der Waals surface area contributed by atoms with E-state index in [1.54, 1.807) is 24.3 Å². The SMILES string of the molecule is CN(C)CCN(Cc1ccccc1)S(=O)(=O)c1ccccc1Cl.Cl. The summed E-state index contributed by atoms with van der Waals surface area (Å²) in [5, 5.41) is 0.246. The molecular weight excluding hydrogens is 367 g/mol. The third-order valence-corrected chi connectivity index (χ3v) is 5.80. The van der Waals surface area contributed by atoms with Gasteiger partial charge < -0.3 is 4.90 Å². The van der Waals surface area contributed by atoms with Gasteiger partial charge in [0.15, 0.2) is 0 Å². The summed E-state index contributed by atoms with van der Waals surface area (Å²) < 4.78 is 27.5. The van der Waals surface area contributed by atoms with Crippen LogP contribution in [0.4, 0.5) is 0 Å². The van der Waals surface area contributed by atoms with Crippen LogP contribution in [0.5, 0.6) is 0 Å². The molecule has 0 amide bonds. The summed E-state index contributed by atoms with van der Waals surface area (Å²) in [7, 11) is 0.188. The lowest BCUT2D eigenvalue weighted by atomic mass is 10.2. The highest BCUT2D eigenvalue weighted by molar-refractivity contribution is 7.89. The number of hydrogen-bond acceptors (Lipinski definition) is 3. The van der Waals surface area contributed by atoms with Gasteiger partial charge >= 0.3 is 0 Å². The van der Waals surface area contributed by atoms with Gasteiger partial charge in [-0.15, -0.1) is 12.4 Å². The summed E-state index contributed by atoms with van der Waals surface area (Å²) in [6, 6.07) is 16.1. The minimum absolute atomic E-state index is 0. The lowest BCUT2D eigenvalue weighted by Crippen LogP contribution is -2.36. The van der Waals surface area contributed by atoms with E-state index in [2.05, 4.69) is 0 Å². The van der Waals surface area contributed by atoms with E-state index in [0.717, 1.165) is 5.56 Å². The van der Waals surface area contributed by atoms with Crippen molar-refractivity contribution in [2.24, 2.45) is 0 Å². The van der Waals surface area contributed by atoms with Gasteiger partial charge in [0.25, 0.3) is 0 Å². The standard InChI is InChI=1S/C17H21ClN2O2S.ClH/c1-19(2)12-13-20(14-15-8-4-3-5-9-15)23(21,22)17-11-7-6-10-16(17)18;/h3-11H,12-14H2,1-2H3;1H. The minimum atomic E-state index is -3.65. The number of sulfonamides is 1. The third-order valence-electron chi connectivity index (χ3n) is 3.45. The van der Waals surface area contributed by atoms with Crippen molar-refractivity contribution in [1.29, 1.82) is 0 Å². The molecule has 2 aromatic carbocycles. The maximum Gasteiger partial charge on any atom is 0.244 e. The van der Waals surface area contributed by atoms with Crippen molar-refractivity contribution in [1.82, 2.24) is 9.21 Å². The van der Waals surface area contributed by atoms with Gasteiger partial charge in [-0.05, 0) is 31.8 Å². The molecule has 0 spiro atoms. The Morgan fingerprint density at radius 2 is 1.50 bits per heavy atom. The summed E-state index contributed by atoms with van der Waals surface area (Å²) in [6.07, 6.45) is 0. The Morgan fingerprint density at radius 1 is 0.917 bits per heavy atom. The highest BCUT2D eigenvalue weighted by atomic mass is 35.5. The Kier molecular flexibility index (Phi) is 8.19. The van der Waals surface area contributed by atoms with E-state index in [-0.39, 0.29) is 22.3 Å². The van der Waals surface area contributed by atoms with Gasteiger partial charge in [0.1, 0.15) is 4.90 Å². The van der Waals surface area contributed by atoms with Gasteiger partial charge in [-0.1, -0.05) is 54.1 Å². The smallest absolute Gasteiger partial charge is 0.244 e. The minimum Gasteiger partial charge on any atom is -0.308 e. The number of nitrogens with zero attached hydrogens (tertiary/aromatic N) is 2. The zero-order valence-corrected chi connectivity index (χ0v) is 16.1. The van der Waals surface area contributed by atoms with Gasteiger partial charge in [0, 0.05) is 19.6 Å². The molecule has 2 aromatic rings. The van der Waals surface area contributed by atoms with Gasteiger partial charge in [-0.2, -0.15) is 4.31 Å². The largest absolute Gasteiger partial charge is 0.308 e. The number of rotatable bonds is 7. The van der Waals surface area contributed by atoms with Crippen LogP contribution >= 0.6 is 24.0 Å². The molecule has 0 aromatic heterocycles. The Balaban J connectivity index is 0.00000288. The van der Waals surface area contributed by atoms with E-state index in [1.807, 2.05) is 49.3 Å². The quantitative estimate of drug-likeness (QED) is 0.728. The van der Waals surface area contributed by atoms with Crippen molar-refractivity contribution in [2.75, 3.05) is 27.2 Å². The van der Waals surface area contributed by atoms with Crippen molar-refractivity contribution in [3.8, 4) is 0 Å². The monoisotopic (exact) mass is 388 g/mol. The van der Waals surface area contributed by atoms with Crippen LogP contribution in [-0.4, -0.2) is 44.8 Å². The highest BCUT2D eigenvalue weighted by Crippen LogP contribution is 2.25. The molecule has 24 heavy (non-hydrogen) atoms. The Labute approximate surface area is 155 Å². The van der Waals surface area contributed by atoms with Gasteiger partial charge in [0.05, 0.1) is 5.02 Å². The number of likely N-dealkylation sites (N-methyl/N-ethyl adjacent to an activating group) is 1. The van der Waals surface area contributed by atoms with Crippen LogP contribution in [0.1, 0.15) is 5.56 Å². The molecule has 0 radical (unpaired) electrons. The topological polar surface area (TPSA) is 40.6 Å². The molecular formula is C17H22Cl2N2O2S. The first-order chi connectivity index (χ1) is 10.9. The van der Waals surface area contributed by atoms with Crippen molar-refractivity contribution in [3.63, 3.8) is 0 Å². The molecule has 0 aliphatic carbocycles. The normalized spacial score (nSPS) is 11.5. The van der Waals surface area contributed by atoms with Gasteiger partial charge in [0.2, 0.25) is 10.0 Å². The maximum absolute atomic E-state index is 13.0. The predicted molar refractivity (Wildman–Crippen MR) is 101 cm³/mol. The van der Waals surface area contributed by atoms with Crippen LogP contribution in [-0.2, 0) is 16.6 Å². The van der Waals surface area contributed by atoms with Crippen LogP contribution in [0.15, 0.2) is 59.5 Å². The summed E-state index contributed by atoms with van der Waals surface area (Å²) in [5.74, 6) is 0. The zero-order chi connectivity index (χ0) is 16.9. The predicted octanol–water partition coefficient (Wildman–Crippen LogP) is 3.51. The molecule has 0 aliphatic rings. The second-order valence-corrected chi connectivity index (χ2v) is 7.87. The first kappa shape index (κ1) is 20.9. The molecule has 0 bridgehead atoms. The molecule has 0 saturated carbocycles. The fraction of sp³-hybridized carbons (Fsp3) is 0.294. The molecule has 7 heteroatoms. The Hall–Kier alpha value is -1.11. The van der Waals surface area contributed by atoms with Crippen molar-refractivity contribution >= 4 is 34.0 Å². The number of hydrogen-bond donors (Lipinski definition) is 0. The second-order valence-electron chi connectivity index (χ2n) is 5.56. The highest BCUT2D eigenvalue weighted by Gasteiger charge is 2.26. The summed E-state index contributed by atoms with van der Waals surface area (Å²) in [5.41, 5.74) is 0.946. The van der Waals surface area contributed by atoms with Crippen LogP contribution in [0.2, 0.25) is 5.02 Å². The van der Waals surface area contributed by atoms with Crippen molar-refractivity contribution in [2.45, 2.75) is 11.4 Å². The fourth-order valence-corrected chi connectivity index (χ4v) is 4.09. The van der Waals surface area contributed by atoms with Crippen LogP contribution in [0.25, 0.3) is 0 Å². The van der Waals surface area contributed by atoms with E-state index in [1.165, 1.54) is 4.31 Å². The third kappa shape index (κ3) is 5.46. The molecule has 0 saturated heterocycles. The van der Waals surface area contributed by atoms with Crippen LogP contribution < -0.4 is 0 Å². The zero-order valence-electron chi connectivity index (χ0n) is 13.7. The summed E-state index contributed by atoms with van der Waals surface area (Å²) in [6.45, 7) is 1.36. The lowest BCUT2D eigenvalue weighted by Gasteiger charge is -2.24. The number of benzene rings is 2. The van der Waals surface area contributed by atoms with Crippen molar-refractivity contribution in [3.05, 3.63) is 65.2 Å². The molecule has 132 valence electrons. The Bertz CT molecular complexity index is 737. The molecule has 0 heterocycles. The molecule has 0 N–H and O–H groups in total. The van der Waals surface area contributed by atoms with E-state index in [0.29, 0.717) is 19.6 Å². The molecule has 0 unspecified atom stereocenters. The maximum atomic E-state index is 13.0. The average molecular weight is 389 g/mol. The van der Waals surface area contributed by atoms with Crippen LogP contribution in [0.3, 0.4) is 0 Å². The average Bonchev–Trinajstić information content (AvgIpc) is 2.52. The van der Waals surface area contributed by atoms with E-state index < -0.39 is 10.0 Å². The lowest BCUT2D eigenvalue weighted by molar-refractivity contribution is 0.329. The summed E-state index contributed by atoms with van der Waals surface area (Å²) in [4.78, 5) is 2.11. The van der Waals surface area contributed by atoms with E-state index in [9.17, 15) is 8.42 Å². The first-order valence-electron chi connectivity index (χ1n) is 7.34. The number of halogens is 2. The van der Waals surface area contributed by atoms with E-state index >= 15 is 0 Å². The second kappa shape index (κ2) is 9.39. The molecule has 0 aliphatic heterocycles. The molecule has 0 fully saturated rings. The van der Waals surface area contributed by atoms with Crippen molar-refractivity contribution < 1.29 is 8.42 Å². The van der Waals surface area contributed by atoms with E-state index in [4.69, 9.17) is 11.6 Å². The summed E-state index contributed by atoms with van der Waals surface area (Å²) >= 11 is 6.10. The fourth-order valence-electron chi connectivity index (χ4n) is 2.18. The van der Waals surface area contributed by atoms with Gasteiger partial charge in [-0.3, -0.25) is 0 Å². The molecule has 0 atom stereocenters.